The van der Waals surface area contributed by atoms with Crippen LogP contribution in [0.1, 0.15) is 40.0 Å². The highest BCUT2D eigenvalue weighted by Gasteiger charge is 2.18. The molecule has 0 spiro atoms. The number of allylic oxidation sites excluding steroid dienone is 6. The molecule has 0 rings (SSSR count). The second-order valence-corrected chi connectivity index (χ2v) is 3.48. The van der Waals surface area contributed by atoms with Gasteiger partial charge in [-0.15, -0.1) is 0 Å². The summed E-state index contributed by atoms with van der Waals surface area (Å²) >= 11 is 0. The van der Waals surface area contributed by atoms with Crippen LogP contribution in [0.25, 0.3) is 0 Å². The van der Waals surface area contributed by atoms with Crippen molar-refractivity contribution in [1.29, 1.82) is 5.26 Å². The summed E-state index contributed by atoms with van der Waals surface area (Å²) in [5.41, 5.74) is -0.540. The molecule has 0 aromatic rings. The van der Waals surface area contributed by atoms with Crippen molar-refractivity contribution in [2.45, 2.75) is 40.0 Å². The highest BCUT2D eigenvalue weighted by atomic mass is 14.3. The van der Waals surface area contributed by atoms with Gasteiger partial charge < -0.3 is 0 Å². The van der Waals surface area contributed by atoms with E-state index in [-0.39, 0.29) is 0 Å². The molecular weight excluding hydrogens is 182 g/mol. The molecule has 1 heteroatoms. The molecule has 0 radical (unpaired) electrons. The zero-order valence-corrected chi connectivity index (χ0v) is 10.0. The SMILES string of the molecule is CC/C=C/C(C#N)(/C=C/CC)/C=C/CC. The molecule has 0 aliphatic carbocycles. The molecule has 0 bridgehead atoms. The lowest BCUT2D eigenvalue weighted by Crippen LogP contribution is -2.07. The Morgan fingerprint density at radius 1 is 0.867 bits per heavy atom. The zero-order valence-electron chi connectivity index (χ0n) is 10.0. The van der Waals surface area contributed by atoms with E-state index in [4.69, 9.17) is 0 Å². The summed E-state index contributed by atoms with van der Waals surface area (Å²) in [5, 5.41) is 9.25. The summed E-state index contributed by atoms with van der Waals surface area (Å²) in [6.45, 7) is 6.23. The molecule has 0 aliphatic rings. The van der Waals surface area contributed by atoms with Gasteiger partial charge in [0, 0.05) is 0 Å². The molecule has 0 amide bonds. The molecule has 0 aromatic heterocycles. The van der Waals surface area contributed by atoms with Crippen LogP contribution in [0.3, 0.4) is 0 Å². The predicted molar refractivity (Wildman–Crippen MR) is 66.3 cm³/mol. The van der Waals surface area contributed by atoms with Gasteiger partial charge in [-0.3, -0.25) is 0 Å². The van der Waals surface area contributed by atoms with Gasteiger partial charge in [0.05, 0.1) is 6.07 Å². The van der Waals surface area contributed by atoms with Gasteiger partial charge in [-0.2, -0.15) is 5.26 Å². The van der Waals surface area contributed by atoms with Crippen molar-refractivity contribution in [2.24, 2.45) is 5.41 Å². The van der Waals surface area contributed by atoms with Crippen molar-refractivity contribution in [2.75, 3.05) is 0 Å². The van der Waals surface area contributed by atoms with Crippen molar-refractivity contribution in [3.8, 4) is 6.07 Å². The summed E-state index contributed by atoms with van der Waals surface area (Å²) in [6.07, 6.45) is 15.0. The maximum absolute atomic E-state index is 9.25. The molecule has 0 saturated heterocycles. The van der Waals surface area contributed by atoms with Gasteiger partial charge in [-0.25, -0.2) is 0 Å². The number of rotatable bonds is 6. The van der Waals surface area contributed by atoms with E-state index in [9.17, 15) is 5.26 Å². The molecule has 0 unspecified atom stereocenters. The minimum Gasteiger partial charge on any atom is -0.197 e. The number of hydrogen-bond donors (Lipinski definition) is 0. The average Bonchev–Trinajstić information content (AvgIpc) is 2.29. The summed E-state index contributed by atoms with van der Waals surface area (Å²) in [4.78, 5) is 0. The van der Waals surface area contributed by atoms with Gasteiger partial charge in [0.1, 0.15) is 5.41 Å². The maximum atomic E-state index is 9.25. The van der Waals surface area contributed by atoms with E-state index < -0.39 is 5.41 Å². The zero-order chi connectivity index (χ0) is 11.6. The monoisotopic (exact) mass is 203 g/mol. The first-order valence-corrected chi connectivity index (χ1v) is 5.69. The van der Waals surface area contributed by atoms with Gasteiger partial charge in [-0.05, 0) is 19.3 Å². The van der Waals surface area contributed by atoms with Gasteiger partial charge >= 0.3 is 0 Å². The largest absolute Gasteiger partial charge is 0.197 e. The smallest absolute Gasteiger partial charge is 0.111 e. The predicted octanol–water partition coefficient (Wildman–Crippen LogP) is 4.39. The molecular formula is C14H21N. The maximum Gasteiger partial charge on any atom is 0.111 e. The Bertz CT molecular complexity index is 240. The standard InChI is InChI=1S/C14H21N/c1-4-7-10-14(13-15,11-8-5-2)12-9-6-3/h7-12H,4-6H2,1-3H3/b10-7+,11-8+,12-9+. The fraction of sp³-hybridized carbons (Fsp3) is 0.500. The van der Waals surface area contributed by atoms with Gasteiger partial charge in [0.15, 0.2) is 0 Å². The number of nitriles is 1. The fourth-order valence-corrected chi connectivity index (χ4v) is 1.22. The van der Waals surface area contributed by atoms with Crippen LogP contribution in [0.4, 0.5) is 0 Å². The first-order chi connectivity index (χ1) is 7.24. The number of nitrogens with zero attached hydrogens (tertiary/aromatic N) is 1. The quantitative estimate of drug-likeness (QED) is 0.587. The molecule has 82 valence electrons. The van der Waals surface area contributed by atoms with E-state index in [0.717, 1.165) is 19.3 Å². The lowest BCUT2D eigenvalue weighted by molar-refractivity contribution is 0.820. The molecule has 1 nitrogen and oxygen atoms in total. The molecule has 0 aliphatic heterocycles. The minimum absolute atomic E-state index is 0.540. The third-order valence-electron chi connectivity index (χ3n) is 2.08. The van der Waals surface area contributed by atoms with E-state index in [2.05, 4.69) is 26.8 Å². The van der Waals surface area contributed by atoms with Crippen molar-refractivity contribution in [3.05, 3.63) is 36.5 Å². The highest BCUT2D eigenvalue weighted by Crippen LogP contribution is 2.23. The molecule has 0 N–H and O–H groups in total. The Hall–Kier alpha value is -1.29. The topological polar surface area (TPSA) is 23.8 Å². The van der Waals surface area contributed by atoms with Gasteiger partial charge in [0.25, 0.3) is 0 Å². The summed E-state index contributed by atoms with van der Waals surface area (Å²) in [5.74, 6) is 0. The first kappa shape index (κ1) is 13.7. The van der Waals surface area contributed by atoms with Crippen molar-refractivity contribution in [3.63, 3.8) is 0 Å². The Balaban J connectivity index is 4.94. The Labute approximate surface area is 93.8 Å². The molecule has 0 aromatic carbocycles. The summed E-state index contributed by atoms with van der Waals surface area (Å²) in [6, 6.07) is 2.36. The second kappa shape index (κ2) is 8.05. The third-order valence-corrected chi connectivity index (χ3v) is 2.08. The van der Waals surface area contributed by atoms with Crippen molar-refractivity contribution in [1.82, 2.24) is 0 Å². The van der Waals surface area contributed by atoms with Crippen LogP contribution < -0.4 is 0 Å². The fourth-order valence-electron chi connectivity index (χ4n) is 1.22. The van der Waals surface area contributed by atoms with E-state index in [1.165, 1.54) is 0 Å². The van der Waals surface area contributed by atoms with Crippen LogP contribution >= 0.6 is 0 Å². The highest BCUT2D eigenvalue weighted by molar-refractivity contribution is 5.31. The summed E-state index contributed by atoms with van der Waals surface area (Å²) in [7, 11) is 0. The van der Waals surface area contributed by atoms with Gasteiger partial charge in [0.2, 0.25) is 0 Å². The van der Waals surface area contributed by atoms with Crippen LogP contribution in [0.15, 0.2) is 36.5 Å². The number of hydrogen-bond acceptors (Lipinski definition) is 1. The van der Waals surface area contributed by atoms with Crippen LogP contribution in [0, 0.1) is 16.7 Å². The lowest BCUT2D eigenvalue weighted by Gasteiger charge is -2.13. The first-order valence-electron chi connectivity index (χ1n) is 5.69. The van der Waals surface area contributed by atoms with Crippen molar-refractivity contribution < 1.29 is 0 Å². The molecule has 0 saturated carbocycles. The molecule has 0 atom stereocenters. The molecule has 0 heterocycles. The van der Waals surface area contributed by atoms with Crippen LogP contribution in [0.5, 0.6) is 0 Å². The minimum atomic E-state index is -0.540. The van der Waals surface area contributed by atoms with Crippen LogP contribution in [-0.2, 0) is 0 Å². The van der Waals surface area contributed by atoms with Gasteiger partial charge in [-0.1, -0.05) is 57.2 Å². The molecule has 15 heavy (non-hydrogen) atoms. The summed E-state index contributed by atoms with van der Waals surface area (Å²) < 4.78 is 0. The van der Waals surface area contributed by atoms with Crippen molar-refractivity contribution >= 4 is 0 Å². The Morgan fingerprint density at radius 2 is 1.20 bits per heavy atom. The van der Waals surface area contributed by atoms with E-state index in [1.54, 1.807) is 0 Å². The average molecular weight is 203 g/mol. The third kappa shape index (κ3) is 5.22. The van der Waals surface area contributed by atoms with Crippen LogP contribution in [0.2, 0.25) is 0 Å². The van der Waals surface area contributed by atoms with E-state index >= 15 is 0 Å². The molecule has 0 fully saturated rings. The van der Waals surface area contributed by atoms with E-state index in [0.29, 0.717) is 0 Å². The van der Waals surface area contributed by atoms with E-state index in [1.807, 2.05) is 36.5 Å². The Kier molecular flexibility index (Phi) is 7.36. The second-order valence-electron chi connectivity index (χ2n) is 3.48. The lowest BCUT2D eigenvalue weighted by atomic mass is 9.87. The Morgan fingerprint density at radius 3 is 1.40 bits per heavy atom. The normalized spacial score (nSPS) is 12.9. The van der Waals surface area contributed by atoms with Crippen LogP contribution in [-0.4, -0.2) is 0 Å².